The van der Waals surface area contributed by atoms with Crippen molar-refractivity contribution >= 4 is 5.97 Å². The number of aromatic carboxylic acids is 1. The lowest BCUT2D eigenvalue weighted by Crippen LogP contribution is -2.02. The van der Waals surface area contributed by atoms with Gasteiger partial charge in [0, 0.05) is 5.56 Å². The number of halogens is 1. The first-order chi connectivity index (χ1) is 9.61. The van der Waals surface area contributed by atoms with E-state index in [0.717, 1.165) is 0 Å². The summed E-state index contributed by atoms with van der Waals surface area (Å²) < 4.78 is 19.0. The fraction of sp³-hybridized carbons (Fsp3) is 0.133. The summed E-state index contributed by atoms with van der Waals surface area (Å²) in [6, 6.07) is 10.4. The third kappa shape index (κ3) is 3.13. The third-order valence-electron chi connectivity index (χ3n) is 2.80. The SMILES string of the molecule is O=C(O)c1ccc(COc2c(F)cccc2CO)cc1. The second-order valence-electron chi connectivity index (χ2n) is 4.18. The standard InChI is InChI=1S/C15H13FO4/c16-13-3-1-2-12(8-17)14(13)20-9-10-4-6-11(7-5-10)15(18)19/h1-7,17H,8-9H2,(H,18,19). The molecule has 0 bridgehead atoms. The molecule has 0 atom stereocenters. The van der Waals surface area contributed by atoms with Crippen LogP contribution in [0, 0.1) is 5.82 Å². The maximum atomic E-state index is 13.6. The summed E-state index contributed by atoms with van der Waals surface area (Å²) >= 11 is 0. The second-order valence-corrected chi connectivity index (χ2v) is 4.18. The minimum absolute atomic E-state index is 0.0114. The molecule has 4 nitrogen and oxygen atoms in total. The number of carboxylic acid groups (broad SMARTS) is 1. The van der Waals surface area contributed by atoms with Crippen molar-refractivity contribution in [2.75, 3.05) is 0 Å². The normalized spacial score (nSPS) is 10.3. The van der Waals surface area contributed by atoms with Crippen LogP contribution in [0.3, 0.4) is 0 Å². The van der Waals surface area contributed by atoms with E-state index in [1.54, 1.807) is 18.2 Å². The number of hydrogen-bond acceptors (Lipinski definition) is 3. The van der Waals surface area contributed by atoms with Crippen molar-refractivity contribution in [1.82, 2.24) is 0 Å². The van der Waals surface area contributed by atoms with E-state index in [9.17, 15) is 9.18 Å². The Labute approximate surface area is 115 Å². The lowest BCUT2D eigenvalue weighted by molar-refractivity contribution is 0.0697. The van der Waals surface area contributed by atoms with Gasteiger partial charge in [-0.15, -0.1) is 0 Å². The Bertz CT molecular complexity index is 608. The van der Waals surface area contributed by atoms with Gasteiger partial charge in [-0.05, 0) is 23.8 Å². The molecule has 0 fully saturated rings. The van der Waals surface area contributed by atoms with Gasteiger partial charge in [0.1, 0.15) is 6.61 Å². The Morgan fingerprint density at radius 1 is 1.15 bits per heavy atom. The summed E-state index contributed by atoms with van der Waals surface area (Å²) in [5, 5.41) is 17.9. The smallest absolute Gasteiger partial charge is 0.335 e. The Morgan fingerprint density at radius 3 is 2.45 bits per heavy atom. The van der Waals surface area contributed by atoms with Gasteiger partial charge < -0.3 is 14.9 Å². The molecule has 2 N–H and O–H groups in total. The van der Waals surface area contributed by atoms with Crippen molar-refractivity contribution < 1.29 is 24.1 Å². The van der Waals surface area contributed by atoms with E-state index in [1.165, 1.54) is 24.3 Å². The van der Waals surface area contributed by atoms with E-state index >= 15 is 0 Å². The molecule has 2 aromatic carbocycles. The predicted molar refractivity (Wildman–Crippen MR) is 70.1 cm³/mol. The van der Waals surface area contributed by atoms with Crippen molar-refractivity contribution in [3.05, 3.63) is 65.0 Å². The van der Waals surface area contributed by atoms with Crippen LogP contribution in [0.1, 0.15) is 21.5 Å². The molecule has 2 aromatic rings. The molecule has 104 valence electrons. The van der Waals surface area contributed by atoms with Crippen LogP contribution in [-0.2, 0) is 13.2 Å². The molecule has 5 heteroatoms. The number of ether oxygens (including phenoxy) is 1. The average Bonchev–Trinajstić information content (AvgIpc) is 2.46. The van der Waals surface area contributed by atoms with Gasteiger partial charge in [-0.3, -0.25) is 0 Å². The van der Waals surface area contributed by atoms with Crippen LogP contribution in [0.25, 0.3) is 0 Å². The molecule has 0 aromatic heterocycles. The zero-order valence-electron chi connectivity index (χ0n) is 10.5. The highest BCUT2D eigenvalue weighted by molar-refractivity contribution is 5.87. The van der Waals surface area contributed by atoms with E-state index in [1.807, 2.05) is 0 Å². The van der Waals surface area contributed by atoms with Crippen LogP contribution in [0.5, 0.6) is 5.75 Å². The van der Waals surface area contributed by atoms with Gasteiger partial charge in [-0.2, -0.15) is 0 Å². The molecule has 0 saturated heterocycles. The van der Waals surface area contributed by atoms with Crippen molar-refractivity contribution in [1.29, 1.82) is 0 Å². The molecule has 0 spiro atoms. The number of carbonyl (C=O) groups is 1. The largest absolute Gasteiger partial charge is 0.485 e. The number of aliphatic hydroxyl groups is 1. The quantitative estimate of drug-likeness (QED) is 0.881. The first-order valence-electron chi connectivity index (χ1n) is 5.95. The summed E-state index contributed by atoms with van der Waals surface area (Å²) in [6.07, 6.45) is 0. The van der Waals surface area contributed by atoms with Gasteiger partial charge in [0.2, 0.25) is 0 Å². The van der Waals surface area contributed by atoms with Gasteiger partial charge in [0.25, 0.3) is 0 Å². The summed E-state index contributed by atoms with van der Waals surface area (Å²) in [4.78, 5) is 10.7. The maximum Gasteiger partial charge on any atom is 0.335 e. The lowest BCUT2D eigenvalue weighted by Gasteiger charge is -2.11. The highest BCUT2D eigenvalue weighted by Gasteiger charge is 2.09. The summed E-state index contributed by atoms with van der Waals surface area (Å²) in [6.45, 7) is -0.223. The molecule has 2 rings (SSSR count). The molecule has 0 saturated carbocycles. The van der Waals surface area contributed by atoms with E-state index < -0.39 is 11.8 Å². The van der Waals surface area contributed by atoms with Crippen LogP contribution in [0.2, 0.25) is 0 Å². The Hall–Kier alpha value is -2.40. The fourth-order valence-electron chi connectivity index (χ4n) is 1.74. The van der Waals surface area contributed by atoms with Gasteiger partial charge in [0.05, 0.1) is 12.2 Å². The van der Waals surface area contributed by atoms with E-state index in [0.29, 0.717) is 11.1 Å². The average molecular weight is 276 g/mol. The summed E-state index contributed by atoms with van der Waals surface area (Å²) in [5.74, 6) is -1.54. The molecule has 0 aliphatic carbocycles. The number of carboxylic acids is 1. The summed E-state index contributed by atoms with van der Waals surface area (Å²) in [5.41, 5.74) is 1.25. The monoisotopic (exact) mass is 276 g/mol. The second kappa shape index (κ2) is 6.16. The first kappa shape index (κ1) is 14.0. The van der Waals surface area contributed by atoms with Gasteiger partial charge in [0.15, 0.2) is 11.6 Å². The molecule has 0 unspecified atom stereocenters. The highest BCUT2D eigenvalue weighted by atomic mass is 19.1. The van der Waals surface area contributed by atoms with Crippen LogP contribution < -0.4 is 4.74 Å². The zero-order chi connectivity index (χ0) is 14.5. The highest BCUT2D eigenvalue weighted by Crippen LogP contribution is 2.23. The minimum Gasteiger partial charge on any atom is -0.485 e. The van der Waals surface area contributed by atoms with Gasteiger partial charge >= 0.3 is 5.97 Å². The van der Waals surface area contributed by atoms with Gasteiger partial charge in [-0.25, -0.2) is 9.18 Å². The molecule has 0 radical (unpaired) electrons. The Balaban J connectivity index is 2.11. The number of hydrogen-bond donors (Lipinski definition) is 2. The molecular weight excluding hydrogens is 263 g/mol. The topological polar surface area (TPSA) is 66.8 Å². The minimum atomic E-state index is -1.01. The number of aliphatic hydroxyl groups excluding tert-OH is 1. The predicted octanol–water partition coefficient (Wildman–Crippen LogP) is 2.60. The van der Waals surface area contributed by atoms with Crippen molar-refractivity contribution in [3.63, 3.8) is 0 Å². The third-order valence-corrected chi connectivity index (χ3v) is 2.80. The lowest BCUT2D eigenvalue weighted by atomic mass is 10.1. The molecule has 20 heavy (non-hydrogen) atoms. The summed E-state index contributed by atoms with van der Waals surface area (Å²) in [7, 11) is 0. The Morgan fingerprint density at radius 2 is 1.85 bits per heavy atom. The van der Waals surface area contributed by atoms with Crippen LogP contribution in [-0.4, -0.2) is 16.2 Å². The molecule has 0 aliphatic rings. The van der Waals surface area contributed by atoms with E-state index in [-0.39, 0.29) is 24.5 Å². The molecule has 0 aliphatic heterocycles. The first-order valence-corrected chi connectivity index (χ1v) is 5.95. The van der Waals surface area contributed by atoms with Crippen LogP contribution in [0.15, 0.2) is 42.5 Å². The van der Waals surface area contributed by atoms with E-state index in [4.69, 9.17) is 14.9 Å². The molecular formula is C15H13FO4. The Kier molecular flexibility index (Phi) is 4.32. The fourth-order valence-corrected chi connectivity index (χ4v) is 1.74. The number of para-hydroxylation sites is 1. The van der Waals surface area contributed by atoms with Crippen molar-refractivity contribution in [2.45, 2.75) is 13.2 Å². The van der Waals surface area contributed by atoms with Gasteiger partial charge in [-0.1, -0.05) is 24.3 Å². The van der Waals surface area contributed by atoms with Crippen molar-refractivity contribution in [3.8, 4) is 5.75 Å². The zero-order valence-corrected chi connectivity index (χ0v) is 10.5. The number of benzene rings is 2. The van der Waals surface area contributed by atoms with Crippen molar-refractivity contribution in [2.24, 2.45) is 0 Å². The molecule has 0 amide bonds. The molecule has 0 heterocycles. The van der Waals surface area contributed by atoms with Crippen LogP contribution >= 0.6 is 0 Å². The van der Waals surface area contributed by atoms with Crippen LogP contribution in [0.4, 0.5) is 4.39 Å². The maximum absolute atomic E-state index is 13.6. The number of rotatable bonds is 5. The van der Waals surface area contributed by atoms with E-state index in [2.05, 4.69) is 0 Å².